The van der Waals surface area contributed by atoms with E-state index in [0.717, 1.165) is 42.8 Å². The molecule has 1 aliphatic rings. The molecule has 3 heterocycles. The van der Waals surface area contributed by atoms with Gasteiger partial charge in [0.05, 0.1) is 18.3 Å². The highest BCUT2D eigenvalue weighted by molar-refractivity contribution is 14.0. The van der Waals surface area contributed by atoms with Crippen LogP contribution in [0, 0.1) is 6.92 Å². The molecule has 1 fully saturated rings. The number of pyridine rings is 1. The molecule has 1 atom stereocenters. The second-order valence-electron chi connectivity index (χ2n) is 6.34. The van der Waals surface area contributed by atoms with E-state index in [1.807, 2.05) is 31.2 Å². The number of nitrogens with zero attached hydrogens (tertiary/aromatic N) is 3. The first-order valence-corrected chi connectivity index (χ1v) is 8.91. The van der Waals surface area contributed by atoms with Gasteiger partial charge in [0.2, 0.25) is 0 Å². The summed E-state index contributed by atoms with van der Waals surface area (Å²) in [6.45, 7) is 5.63. The van der Waals surface area contributed by atoms with Gasteiger partial charge >= 0.3 is 0 Å². The van der Waals surface area contributed by atoms with Crippen LogP contribution in [0.4, 0.5) is 0 Å². The van der Waals surface area contributed by atoms with Crippen molar-refractivity contribution < 1.29 is 4.42 Å². The molecule has 0 aliphatic carbocycles. The zero-order valence-electron chi connectivity index (χ0n) is 15.4. The van der Waals surface area contributed by atoms with Crippen molar-refractivity contribution in [3.05, 3.63) is 53.7 Å². The van der Waals surface area contributed by atoms with Gasteiger partial charge < -0.3 is 15.1 Å². The van der Waals surface area contributed by atoms with Crippen molar-refractivity contribution in [1.29, 1.82) is 0 Å². The lowest BCUT2D eigenvalue weighted by Crippen LogP contribution is -2.42. The fraction of sp³-hybridized carbons (Fsp3) is 0.474. The van der Waals surface area contributed by atoms with Crippen LogP contribution in [0.2, 0.25) is 0 Å². The molecule has 1 unspecified atom stereocenters. The normalized spacial score (nSPS) is 16.2. The monoisotopic (exact) mass is 469 g/mol. The van der Waals surface area contributed by atoms with Crippen LogP contribution in [0.1, 0.15) is 36.1 Å². The lowest BCUT2D eigenvalue weighted by Gasteiger charge is -2.26. The first-order valence-electron chi connectivity index (χ1n) is 8.91. The third-order valence-corrected chi connectivity index (χ3v) is 4.52. The number of nitrogens with one attached hydrogen (secondary N) is 2. The SMILES string of the molecule is CN=C(NCc1ccccn1)NCC(c1ccc(C)o1)N1CCCC1.I. The predicted octanol–water partition coefficient (Wildman–Crippen LogP) is 3.10. The second kappa shape index (κ2) is 10.5. The topological polar surface area (TPSA) is 65.7 Å². The summed E-state index contributed by atoms with van der Waals surface area (Å²) in [4.78, 5) is 11.1. The van der Waals surface area contributed by atoms with Crippen molar-refractivity contribution in [3.63, 3.8) is 0 Å². The zero-order valence-corrected chi connectivity index (χ0v) is 17.8. The minimum absolute atomic E-state index is 0. The van der Waals surface area contributed by atoms with Crippen LogP contribution in [0.3, 0.4) is 0 Å². The smallest absolute Gasteiger partial charge is 0.191 e. The largest absolute Gasteiger partial charge is 0.465 e. The Hall–Kier alpha value is -1.61. The van der Waals surface area contributed by atoms with Crippen molar-refractivity contribution in [2.24, 2.45) is 4.99 Å². The number of hydrogen-bond acceptors (Lipinski definition) is 4. The summed E-state index contributed by atoms with van der Waals surface area (Å²) < 4.78 is 5.90. The van der Waals surface area contributed by atoms with E-state index in [9.17, 15) is 0 Å². The average molecular weight is 469 g/mol. The Balaban J connectivity index is 0.00000243. The van der Waals surface area contributed by atoms with Gasteiger partial charge in [-0.15, -0.1) is 24.0 Å². The van der Waals surface area contributed by atoms with Crippen molar-refractivity contribution in [3.8, 4) is 0 Å². The van der Waals surface area contributed by atoms with Gasteiger partial charge in [-0.25, -0.2) is 0 Å². The van der Waals surface area contributed by atoms with E-state index in [1.165, 1.54) is 12.8 Å². The van der Waals surface area contributed by atoms with Gasteiger partial charge in [0, 0.05) is 19.8 Å². The molecular weight excluding hydrogens is 441 g/mol. The molecule has 0 aromatic carbocycles. The fourth-order valence-electron chi connectivity index (χ4n) is 3.19. The van der Waals surface area contributed by atoms with Gasteiger partial charge in [0.15, 0.2) is 5.96 Å². The summed E-state index contributed by atoms with van der Waals surface area (Å²) >= 11 is 0. The number of furan rings is 1. The molecule has 2 aromatic rings. The Morgan fingerprint density at radius 1 is 1.23 bits per heavy atom. The third kappa shape index (κ3) is 5.70. The number of aryl methyl sites for hydroxylation is 1. The molecule has 0 spiro atoms. The Morgan fingerprint density at radius 3 is 2.65 bits per heavy atom. The van der Waals surface area contributed by atoms with Crippen LogP contribution in [0.15, 0.2) is 45.9 Å². The molecule has 0 amide bonds. The van der Waals surface area contributed by atoms with E-state index in [0.29, 0.717) is 6.54 Å². The minimum atomic E-state index is 0. The maximum atomic E-state index is 5.90. The van der Waals surface area contributed by atoms with Crippen LogP contribution in [-0.2, 0) is 6.54 Å². The molecule has 1 aliphatic heterocycles. The van der Waals surface area contributed by atoms with Crippen molar-refractivity contribution in [2.75, 3.05) is 26.7 Å². The number of guanidine groups is 1. The standard InChI is InChI=1S/C19H27N5O.HI/c1-15-8-9-18(25-15)17(24-11-5-6-12-24)14-23-19(20-2)22-13-16-7-3-4-10-21-16;/h3-4,7-10,17H,5-6,11-14H2,1-2H3,(H2,20,22,23);1H. The first kappa shape index (κ1) is 20.7. The Labute approximate surface area is 172 Å². The maximum Gasteiger partial charge on any atom is 0.191 e. The van der Waals surface area contributed by atoms with Crippen LogP contribution >= 0.6 is 24.0 Å². The van der Waals surface area contributed by atoms with E-state index in [-0.39, 0.29) is 30.0 Å². The molecule has 7 heteroatoms. The molecule has 0 radical (unpaired) electrons. The third-order valence-electron chi connectivity index (χ3n) is 4.52. The first-order chi connectivity index (χ1) is 12.3. The lowest BCUT2D eigenvalue weighted by atomic mass is 10.2. The highest BCUT2D eigenvalue weighted by Crippen LogP contribution is 2.26. The van der Waals surface area contributed by atoms with Crippen LogP contribution in [0.25, 0.3) is 0 Å². The Morgan fingerprint density at radius 2 is 2.04 bits per heavy atom. The van der Waals surface area contributed by atoms with Crippen LogP contribution in [0.5, 0.6) is 0 Å². The quantitative estimate of drug-likeness (QED) is 0.387. The Bertz CT molecular complexity index is 682. The van der Waals surface area contributed by atoms with E-state index >= 15 is 0 Å². The lowest BCUT2D eigenvalue weighted by molar-refractivity contribution is 0.213. The van der Waals surface area contributed by atoms with Crippen LogP contribution in [-0.4, -0.2) is 42.5 Å². The summed E-state index contributed by atoms with van der Waals surface area (Å²) in [5.41, 5.74) is 0.989. The summed E-state index contributed by atoms with van der Waals surface area (Å²) in [5, 5.41) is 6.75. The summed E-state index contributed by atoms with van der Waals surface area (Å²) in [6.07, 6.45) is 4.31. The molecule has 6 nitrogen and oxygen atoms in total. The van der Waals surface area contributed by atoms with Crippen molar-refractivity contribution in [2.45, 2.75) is 32.4 Å². The van der Waals surface area contributed by atoms with E-state index < -0.39 is 0 Å². The number of hydrogen-bond donors (Lipinski definition) is 2. The van der Waals surface area contributed by atoms with Gasteiger partial charge in [0.1, 0.15) is 11.5 Å². The minimum Gasteiger partial charge on any atom is -0.465 e. The molecule has 2 aromatic heterocycles. The molecular formula is C19H28IN5O. The van der Waals surface area contributed by atoms with E-state index in [4.69, 9.17) is 4.42 Å². The molecule has 1 saturated heterocycles. The highest BCUT2D eigenvalue weighted by Gasteiger charge is 2.26. The van der Waals surface area contributed by atoms with E-state index in [1.54, 1.807) is 13.2 Å². The van der Waals surface area contributed by atoms with Crippen molar-refractivity contribution in [1.82, 2.24) is 20.5 Å². The highest BCUT2D eigenvalue weighted by atomic mass is 127. The predicted molar refractivity (Wildman–Crippen MR) is 115 cm³/mol. The number of halogens is 1. The number of aliphatic imine (C=N–C) groups is 1. The average Bonchev–Trinajstić information content (AvgIpc) is 3.31. The van der Waals surface area contributed by atoms with Gasteiger partial charge in [-0.1, -0.05) is 6.07 Å². The summed E-state index contributed by atoms with van der Waals surface area (Å²) in [6, 6.07) is 10.3. The molecule has 3 rings (SSSR count). The molecule has 2 N–H and O–H groups in total. The summed E-state index contributed by atoms with van der Waals surface area (Å²) in [7, 11) is 1.79. The Kier molecular flexibility index (Phi) is 8.37. The molecule has 0 saturated carbocycles. The van der Waals surface area contributed by atoms with Crippen LogP contribution < -0.4 is 10.6 Å². The number of likely N-dealkylation sites (tertiary alicyclic amines) is 1. The zero-order chi connectivity index (χ0) is 17.5. The number of aromatic nitrogens is 1. The van der Waals surface area contributed by atoms with Crippen molar-refractivity contribution >= 4 is 29.9 Å². The van der Waals surface area contributed by atoms with Gasteiger partial charge in [-0.3, -0.25) is 14.9 Å². The van der Waals surface area contributed by atoms with Gasteiger partial charge in [0.25, 0.3) is 0 Å². The second-order valence-corrected chi connectivity index (χ2v) is 6.34. The summed E-state index contributed by atoms with van der Waals surface area (Å²) in [5.74, 6) is 2.75. The maximum absolute atomic E-state index is 5.90. The van der Waals surface area contributed by atoms with Gasteiger partial charge in [-0.2, -0.15) is 0 Å². The van der Waals surface area contributed by atoms with Gasteiger partial charge in [-0.05, 0) is 57.1 Å². The molecule has 142 valence electrons. The van der Waals surface area contributed by atoms with E-state index in [2.05, 4.69) is 31.6 Å². The molecule has 26 heavy (non-hydrogen) atoms. The number of rotatable bonds is 6. The fourth-order valence-corrected chi connectivity index (χ4v) is 3.19. The molecule has 0 bridgehead atoms.